The summed E-state index contributed by atoms with van der Waals surface area (Å²) in [5.41, 5.74) is 3.81. The van der Waals surface area contributed by atoms with E-state index in [0.29, 0.717) is 5.78 Å². The molecule has 1 fully saturated rings. The van der Waals surface area contributed by atoms with E-state index in [9.17, 15) is 4.79 Å². The van der Waals surface area contributed by atoms with Crippen molar-refractivity contribution in [2.75, 3.05) is 0 Å². The molecule has 2 heteroatoms. The van der Waals surface area contributed by atoms with Gasteiger partial charge in [-0.1, -0.05) is 61.1 Å². The Bertz CT molecular complexity index is 532. The average molecular weight is 286 g/mol. The summed E-state index contributed by atoms with van der Waals surface area (Å²) in [6.45, 7) is 11.4. The number of hydrogen-bond donors (Lipinski definition) is 0. The van der Waals surface area contributed by atoms with E-state index >= 15 is 0 Å². The molecule has 1 aliphatic rings. The lowest BCUT2D eigenvalue weighted by Gasteiger charge is -2.39. The summed E-state index contributed by atoms with van der Waals surface area (Å²) in [4.78, 5) is 13.2. The van der Waals surface area contributed by atoms with E-state index in [1.807, 2.05) is 30.3 Å². The van der Waals surface area contributed by atoms with Crippen molar-refractivity contribution in [3.63, 3.8) is 0 Å². The van der Waals surface area contributed by atoms with Crippen LogP contribution in [0.5, 0.6) is 0 Å². The zero-order chi connectivity index (χ0) is 15.0. The third-order valence-corrected chi connectivity index (χ3v) is 8.51. The van der Waals surface area contributed by atoms with Gasteiger partial charge in [0.15, 0.2) is 5.78 Å². The van der Waals surface area contributed by atoms with Crippen LogP contribution in [0.25, 0.3) is 0 Å². The van der Waals surface area contributed by atoms with Crippen LogP contribution in [0.2, 0.25) is 24.7 Å². The van der Waals surface area contributed by atoms with Gasteiger partial charge in [0, 0.05) is 10.6 Å². The van der Waals surface area contributed by atoms with Crippen LogP contribution < -0.4 is 0 Å². The molecule has 1 atom stereocenters. The first-order valence-corrected chi connectivity index (χ1v) is 11.0. The van der Waals surface area contributed by atoms with E-state index < -0.39 is 8.07 Å². The Hall–Kier alpha value is -1.15. The van der Waals surface area contributed by atoms with Crippen LogP contribution in [-0.4, -0.2) is 13.9 Å². The lowest BCUT2D eigenvalue weighted by molar-refractivity contribution is 0.0930. The predicted molar refractivity (Wildman–Crippen MR) is 89.0 cm³/mol. The van der Waals surface area contributed by atoms with E-state index in [0.717, 1.165) is 24.8 Å². The molecule has 0 spiro atoms. The lowest BCUT2D eigenvalue weighted by Crippen LogP contribution is -2.43. The van der Waals surface area contributed by atoms with Crippen LogP contribution in [0.3, 0.4) is 0 Å². The van der Waals surface area contributed by atoms with Crippen LogP contribution in [0.1, 0.15) is 43.5 Å². The van der Waals surface area contributed by atoms with Crippen molar-refractivity contribution in [3.8, 4) is 0 Å². The van der Waals surface area contributed by atoms with E-state index in [-0.39, 0.29) is 5.04 Å². The lowest BCUT2D eigenvalue weighted by atomic mass is 9.94. The molecule has 0 unspecified atom stereocenters. The normalized spacial score (nSPS) is 22.9. The molecule has 0 saturated heterocycles. The topological polar surface area (TPSA) is 17.1 Å². The van der Waals surface area contributed by atoms with Gasteiger partial charge in [-0.15, -0.1) is 0 Å². The molecule has 1 aromatic rings. The summed E-state index contributed by atoms with van der Waals surface area (Å²) in [6, 6.07) is 9.88. The van der Waals surface area contributed by atoms with Gasteiger partial charge in [0.25, 0.3) is 0 Å². The number of allylic oxidation sites excluding steroid dienone is 2. The Morgan fingerprint density at radius 3 is 2.15 bits per heavy atom. The number of rotatable bonds is 3. The summed E-state index contributed by atoms with van der Waals surface area (Å²) >= 11 is 0. The summed E-state index contributed by atoms with van der Waals surface area (Å²) in [5.74, 6) is 0.383. The molecule has 0 aromatic heterocycles. The average Bonchev–Trinajstić information content (AvgIpc) is 2.85. The smallest absolute Gasteiger partial charge is 0.166 e. The Kier molecular flexibility index (Phi) is 4.06. The SMILES string of the molecule is CC(C)=C1CC[C@@](C(=O)c2ccccc2)([Si](C)(C)C)C1. The fraction of sp³-hybridized carbons (Fsp3) is 0.500. The standard InChI is InChI=1S/C18H26OSi/c1-14(2)16-11-12-18(13-16,20(3,4)5)17(19)15-9-7-6-8-10-15/h6-10H,11-13H2,1-5H3/t18-/m1/s1. The fourth-order valence-corrected chi connectivity index (χ4v) is 5.82. The Balaban J connectivity index is 2.46. The number of benzene rings is 1. The largest absolute Gasteiger partial charge is 0.294 e. The van der Waals surface area contributed by atoms with E-state index in [1.54, 1.807) is 0 Å². The predicted octanol–water partition coefficient (Wildman–Crippen LogP) is 5.47. The zero-order valence-corrected chi connectivity index (χ0v) is 14.4. The molecule has 0 aliphatic heterocycles. The van der Waals surface area contributed by atoms with Gasteiger partial charge in [0.05, 0.1) is 8.07 Å². The van der Waals surface area contributed by atoms with Crippen LogP contribution in [-0.2, 0) is 0 Å². The molecule has 2 rings (SSSR count). The van der Waals surface area contributed by atoms with Crippen LogP contribution in [0, 0.1) is 0 Å². The molecule has 1 nitrogen and oxygen atoms in total. The summed E-state index contributed by atoms with van der Waals surface area (Å²) in [5, 5.41) is -0.110. The van der Waals surface area contributed by atoms with Crippen LogP contribution in [0.15, 0.2) is 41.5 Å². The van der Waals surface area contributed by atoms with Crippen LogP contribution >= 0.6 is 0 Å². The quantitative estimate of drug-likeness (QED) is 0.409. The molecule has 108 valence electrons. The fourth-order valence-electron chi connectivity index (χ4n) is 3.37. The van der Waals surface area contributed by atoms with E-state index in [1.165, 1.54) is 11.1 Å². The zero-order valence-electron chi connectivity index (χ0n) is 13.4. The molecule has 0 N–H and O–H groups in total. The highest BCUT2D eigenvalue weighted by atomic mass is 28.3. The van der Waals surface area contributed by atoms with Gasteiger partial charge in [0.2, 0.25) is 0 Å². The molecule has 1 aliphatic carbocycles. The third-order valence-electron chi connectivity index (χ3n) is 4.98. The van der Waals surface area contributed by atoms with Crippen molar-refractivity contribution >= 4 is 13.9 Å². The third kappa shape index (κ3) is 2.54. The summed E-state index contributed by atoms with van der Waals surface area (Å²) in [6.07, 6.45) is 3.13. The molecule has 0 amide bonds. The second-order valence-corrected chi connectivity index (χ2v) is 12.8. The van der Waals surface area contributed by atoms with E-state index in [4.69, 9.17) is 0 Å². The van der Waals surface area contributed by atoms with Crippen molar-refractivity contribution in [2.45, 2.75) is 57.8 Å². The molecular weight excluding hydrogens is 260 g/mol. The van der Waals surface area contributed by atoms with Gasteiger partial charge in [-0.2, -0.15) is 0 Å². The minimum absolute atomic E-state index is 0.110. The minimum Gasteiger partial charge on any atom is -0.294 e. The maximum Gasteiger partial charge on any atom is 0.166 e. The van der Waals surface area contributed by atoms with Gasteiger partial charge in [-0.25, -0.2) is 0 Å². The maximum absolute atomic E-state index is 13.2. The molecule has 1 saturated carbocycles. The summed E-state index contributed by atoms with van der Waals surface area (Å²) in [7, 11) is -1.59. The first kappa shape index (κ1) is 15.2. The molecular formula is C18H26OSi. The van der Waals surface area contributed by atoms with Crippen molar-refractivity contribution < 1.29 is 4.79 Å². The second-order valence-electron chi connectivity index (χ2n) is 7.31. The van der Waals surface area contributed by atoms with Crippen molar-refractivity contribution in [1.29, 1.82) is 0 Å². The maximum atomic E-state index is 13.2. The number of ketones is 1. The Morgan fingerprint density at radius 1 is 1.10 bits per heavy atom. The van der Waals surface area contributed by atoms with Gasteiger partial charge in [0.1, 0.15) is 0 Å². The van der Waals surface area contributed by atoms with E-state index in [2.05, 4.69) is 33.5 Å². The first-order chi connectivity index (χ1) is 9.28. The van der Waals surface area contributed by atoms with Crippen molar-refractivity contribution in [3.05, 3.63) is 47.0 Å². The number of hydrogen-bond acceptors (Lipinski definition) is 1. The minimum atomic E-state index is -1.59. The number of Topliss-reactive ketones (excluding diaryl/α,β-unsaturated/α-hetero) is 1. The molecule has 0 heterocycles. The highest BCUT2D eigenvalue weighted by molar-refractivity contribution is 6.83. The van der Waals surface area contributed by atoms with Gasteiger partial charge >= 0.3 is 0 Å². The molecule has 20 heavy (non-hydrogen) atoms. The van der Waals surface area contributed by atoms with Gasteiger partial charge in [-0.05, 0) is 33.1 Å². The molecule has 1 aromatic carbocycles. The monoisotopic (exact) mass is 286 g/mol. The Labute approximate surface area is 124 Å². The number of carbonyl (C=O) groups excluding carboxylic acids is 1. The highest BCUT2D eigenvalue weighted by Gasteiger charge is 2.52. The van der Waals surface area contributed by atoms with Crippen LogP contribution in [0.4, 0.5) is 0 Å². The van der Waals surface area contributed by atoms with Gasteiger partial charge in [-0.3, -0.25) is 4.79 Å². The first-order valence-electron chi connectivity index (χ1n) is 7.53. The van der Waals surface area contributed by atoms with Crippen molar-refractivity contribution in [2.24, 2.45) is 0 Å². The highest BCUT2D eigenvalue weighted by Crippen LogP contribution is 2.56. The second kappa shape index (κ2) is 5.32. The van der Waals surface area contributed by atoms with Gasteiger partial charge < -0.3 is 0 Å². The summed E-state index contributed by atoms with van der Waals surface area (Å²) < 4.78 is 0. The molecule has 0 bridgehead atoms. The Morgan fingerprint density at radius 2 is 1.70 bits per heavy atom. The molecule has 0 radical (unpaired) electrons. The van der Waals surface area contributed by atoms with Crippen molar-refractivity contribution in [1.82, 2.24) is 0 Å². The number of carbonyl (C=O) groups is 1.